The monoisotopic (exact) mass is 363 g/mol. The number of benzene rings is 1. The lowest BCUT2D eigenvalue weighted by atomic mass is 10.1. The number of hydrogen-bond acceptors (Lipinski definition) is 4. The zero-order valence-corrected chi connectivity index (χ0v) is 12.5. The van der Waals surface area contributed by atoms with Gasteiger partial charge in [-0.2, -0.15) is 0 Å². The maximum atomic E-state index is 11.9. The van der Waals surface area contributed by atoms with E-state index >= 15 is 0 Å². The minimum absolute atomic E-state index is 0.112. The second-order valence-corrected chi connectivity index (χ2v) is 5.44. The van der Waals surface area contributed by atoms with Crippen molar-refractivity contribution < 1.29 is 14.5 Å². The Balaban J connectivity index is 2.98. The Kier molecular flexibility index (Phi) is 5.06. The smallest absolute Gasteiger partial charge is 0.339 e. The van der Waals surface area contributed by atoms with E-state index in [1.807, 2.05) is 36.4 Å². The summed E-state index contributed by atoms with van der Waals surface area (Å²) < 4.78 is 5.89. The third-order valence-corrected chi connectivity index (χ3v) is 3.55. The molecule has 0 N–H and O–H groups in total. The Hall–Kier alpha value is -1.18. The van der Waals surface area contributed by atoms with Gasteiger partial charge in [0.2, 0.25) is 0 Å². The van der Waals surface area contributed by atoms with Gasteiger partial charge >= 0.3 is 5.97 Å². The van der Waals surface area contributed by atoms with Crippen LogP contribution in [0, 0.1) is 19.6 Å². The van der Waals surface area contributed by atoms with Gasteiger partial charge in [0.25, 0.3) is 5.69 Å². The molecule has 6 heteroatoms. The van der Waals surface area contributed by atoms with Gasteiger partial charge in [0.15, 0.2) is 0 Å². The van der Waals surface area contributed by atoms with Crippen LogP contribution in [-0.4, -0.2) is 17.0 Å². The molecule has 1 aromatic carbocycles. The second-order valence-electron chi connectivity index (χ2n) is 4.28. The summed E-state index contributed by atoms with van der Waals surface area (Å²) in [6, 6.07) is 4.15. The normalized spacial score (nSPS) is 12.3. The molecule has 18 heavy (non-hydrogen) atoms. The van der Waals surface area contributed by atoms with Crippen LogP contribution in [0.5, 0.6) is 0 Å². The fourth-order valence-electron chi connectivity index (χ4n) is 1.15. The Bertz CT molecular complexity index is 473. The summed E-state index contributed by atoms with van der Waals surface area (Å²) in [5, 5.41) is 10.7. The molecule has 0 aliphatic heterocycles. The molecule has 0 aliphatic rings. The average molecular weight is 363 g/mol. The molecule has 0 aromatic heterocycles. The summed E-state index contributed by atoms with van der Waals surface area (Å²) in [5.41, 5.74) is 0.122. The van der Waals surface area contributed by atoms with E-state index in [0.717, 1.165) is 0 Å². The first-order valence-electron chi connectivity index (χ1n) is 5.48. The lowest BCUT2D eigenvalue weighted by Crippen LogP contribution is -2.20. The van der Waals surface area contributed by atoms with Crippen LogP contribution in [0.3, 0.4) is 0 Å². The summed E-state index contributed by atoms with van der Waals surface area (Å²) in [6.45, 7) is 5.68. The fourth-order valence-corrected chi connectivity index (χ4v) is 1.71. The molecule has 0 bridgehead atoms. The van der Waals surface area contributed by atoms with Crippen molar-refractivity contribution >= 4 is 34.2 Å². The predicted molar refractivity (Wildman–Crippen MR) is 75.5 cm³/mol. The topological polar surface area (TPSA) is 69.4 Å². The molecule has 98 valence electrons. The minimum atomic E-state index is -0.529. The highest BCUT2D eigenvalue weighted by molar-refractivity contribution is 14.1. The summed E-state index contributed by atoms with van der Waals surface area (Å²) in [4.78, 5) is 22.0. The standard InChI is InChI=1S/C12H14INO4/c1-7(2)8(3)18-12(15)10-6-9(14(16)17)4-5-11(10)13/h4-8H,1-3H3. The lowest BCUT2D eigenvalue weighted by Gasteiger charge is -2.16. The molecule has 0 amide bonds. The van der Waals surface area contributed by atoms with Crippen LogP contribution in [0.15, 0.2) is 18.2 Å². The molecular weight excluding hydrogens is 349 g/mol. The van der Waals surface area contributed by atoms with Gasteiger partial charge in [0, 0.05) is 15.7 Å². The summed E-state index contributed by atoms with van der Waals surface area (Å²) >= 11 is 1.96. The molecule has 0 saturated heterocycles. The first kappa shape index (κ1) is 14.9. The third-order valence-electron chi connectivity index (χ3n) is 2.61. The van der Waals surface area contributed by atoms with Gasteiger partial charge in [-0.25, -0.2) is 4.79 Å². The number of ether oxygens (including phenoxy) is 1. The maximum Gasteiger partial charge on any atom is 0.339 e. The highest BCUT2D eigenvalue weighted by atomic mass is 127. The van der Waals surface area contributed by atoms with Crippen molar-refractivity contribution in [3.05, 3.63) is 37.4 Å². The molecule has 0 aliphatic carbocycles. The Labute approximate surface area is 119 Å². The number of halogens is 1. The number of esters is 1. The van der Waals surface area contributed by atoms with Crippen LogP contribution < -0.4 is 0 Å². The number of rotatable bonds is 4. The Morgan fingerprint density at radius 3 is 2.50 bits per heavy atom. The van der Waals surface area contributed by atoms with E-state index in [0.29, 0.717) is 3.57 Å². The molecule has 1 atom stereocenters. The number of carbonyl (C=O) groups is 1. The van der Waals surface area contributed by atoms with E-state index in [4.69, 9.17) is 4.74 Å². The Morgan fingerprint density at radius 1 is 1.39 bits per heavy atom. The largest absolute Gasteiger partial charge is 0.459 e. The first-order valence-corrected chi connectivity index (χ1v) is 6.55. The third kappa shape index (κ3) is 3.66. The molecule has 1 rings (SSSR count). The minimum Gasteiger partial charge on any atom is -0.459 e. The molecule has 0 radical (unpaired) electrons. The van der Waals surface area contributed by atoms with Gasteiger partial charge in [-0.15, -0.1) is 0 Å². The van der Waals surface area contributed by atoms with Crippen molar-refractivity contribution in [3.63, 3.8) is 0 Å². The highest BCUT2D eigenvalue weighted by Crippen LogP contribution is 2.21. The van der Waals surface area contributed by atoms with Crippen molar-refractivity contribution in [2.45, 2.75) is 26.9 Å². The van der Waals surface area contributed by atoms with E-state index in [2.05, 4.69) is 0 Å². The van der Waals surface area contributed by atoms with Crippen LogP contribution in [0.1, 0.15) is 31.1 Å². The van der Waals surface area contributed by atoms with Crippen molar-refractivity contribution in [2.24, 2.45) is 5.92 Å². The average Bonchev–Trinajstić information content (AvgIpc) is 2.28. The zero-order chi connectivity index (χ0) is 13.9. The molecule has 0 heterocycles. The molecule has 5 nitrogen and oxygen atoms in total. The summed E-state index contributed by atoms with van der Waals surface area (Å²) in [6.07, 6.45) is -0.229. The fraction of sp³-hybridized carbons (Fsp3) is 0.417. The van der Waals surface area contributed by atoms with Gasteiger partial charge in [0.1, 0.15) is 6.10 Å². The van der Waals surface area contributed by atoms with Crippen LogP contribution in [-0.2, 0) is 4.74 Å². The molecule has 0 spiro atoms. The zero-order valence-electron chi connectivity index (χ0n) is 10.3. The summed E-state index contributed by atoms with van der Waals surface area (Å²) in [7, 11) is 0. The number of nitro benzene ring substituents is 1. The van der Waals surface area contributed by atoms with E-state index in [1.165, 1.54) is 18.2 Å². The van der Waals surface area contributed by atoms with Crippen LogP contribution in [0.4, 0.5) is 5.69 Å². The lowest BCUT2D eigenvalue weighted by molar-refractivity contribution is -0.384. The van der Waals surface area contributed by atoms with Crippen molar-refractivity contribution in [1.82, 2.24) is 0 Å². The number of hydrogen-bond donors (Lipinski definition) is 0. The van der Waals surface area contributed by atoms with Crippen LogP contribution in [0.2, 0.25) is 0 Å². The molecule has 0 saturated carbocycles. The Morgan fingerprint density at radius 2 is 2.00 bits per heavy atom. The van der Waals surface area contributed by atoms with Gasteiger partial charge in [0.05, 0.1) is 10.5 Å². The van der Waals surface area contributed by atoms with Crippen molar-refractivity contribution in [1.29, 1.82) is 0 Å². The number of non-ortho nitro benzene ring substituents is 1. The van der Waals surface area contributed by atoms with E-state index in [1.54, 1.807) is 6.92 Å². The highest BCUT2D eigenvalue weighted by Gasteiger charge is 2.19. The van der Waals surface area contributed by atoms with Crippen LogP contribution >= 0.6 is 22.6 Å². The van der Waals surface area contributed by atoms with Crippen LogP contribution in [0.25, 0.3) is 0 Å². The van der Waals surface area contributed by atoms with E-state index < -0.39 is 10.9 Å². The molecular formula is C12H14INO4. The van der Waals surface area contributed by atoms with Crippen molar-refractivity contribution in [3.8, 4) is 0 Å². The SMILES string of the molecule is CC(C)C(C)OC(=O)c1cc([N+](=O)[O-])ccc1I. The molecule has 0 fully saturated rings. The van der Waals surface area contributed by atoms with E-state index in [-0.39, 0.29) is 23.3 Å². The number of nitrogens with zero attached hydrogens (tertiary/aromatic N) is 1. The van der Waals surface area contributed by atoms with E-state index in [9.17, 15) is 14.9 Å². The van der Waals surface area contributed by atoms with Gasteiger partial charge in [-0.1, -0.05) is 13.8 Å². The first-order chi connectivity index (χ1) is 8.32. The maximum absolute atomic E-state index is 11.9. The van der Waals surface area contributed by atoms with Gasteiger partial charge < -0.3 is 4.74 Å². The number of nitro groups is 1. The number of carbonyl (C=O) groups excluding carboxylic acids is 1. The van der Waals surface area contributed by atoms with Crippen molar-refractivity contribution in [2.75, 3.05) is 0 Å². The van der Waals surface area contributed by atoms with Gasteiger partial charge in [-0.05, 0) is 41.5 Å². The predicted octanol–water partition coefficient (Wildman–Crippen LogP) is 3.40. The van der Waals surface area contributed by atoms with Gasteiger partial charge in [-0.3, -0.25) is 10.1 Å². The molecule has 1 unspecified atom stereocenters. The second kappa shape index (κ2) is 6.12. The quantitative estimate of drug-likeness (QED) is 0.356. The molecule has 1 aromatic rings. The summed E-state index contributed by atoms with van der Waals surface area (Å²) in [5.74, 6) is -0.324.